The van der Waals surface area contributed by atoms with Gasteiger partial charge in [0.1, 0.15) is 0 Å². The Morgan fingerprint density at radius 3 is 2.29 bits per heavy atom. The average molecular weight is 199 g/mol. The minimum Gasteiger partial charge on any atom is -0.371 e. The van der Waals surface area contributed by atoms with E-state index in [1.165, 1.54) is 25.7 Å². The number of hydrogen-bond acceptors (Lipinski definition) is 2. The van der Waals surface area contributed by atoms with Crippen LogP contribution >= 0.6 is 0 Å². The summed E-state index contributed by atoms with van der Waals surface area (Å²) in [6, 6.07) is 0. The topological polar surface area (TPSA) is 35.2 Å². The minimum absolute atomic E-state index is 0.0529. The zero-order valence-corrected chi connectivity index (χ0v) is 9.88. The van der Waals surface area contributed by atoms with E-state index in [2.05, 4.69) is 20.8 Å². The molecular formula is C12H25NO. The van der Waals surface area contributed by atoms with Gasteiger partial charge in [-0.3, -0.25) is 0 Å². The molecule has 1 rings (SSSR count). The molecule has 0 radical (unpaired) electrons. The van der Waals surface area contributed by atoms with E-state index in [-0.39, 0.29) is 11.7 Å². The highest BCUT2D eigenvalue weighted by Gasteiger charge is 2.23. The summed E-state index contributed by atoms with van der Waals surface area (Å²) in [5, 5.41) is 0. The van der Waals surface area contributed by atoms with Crippen LogP contribution in [0.5, 0.6) is 0 Å². The molecule has 0 aliphatic heterocycles. The van der Waals surface area contributed by atoms with E-state index in [4.69, 9.17) is 10.5 Å². The standard InChI is InChI=1S/C12H25NO/c1-12(2,3)14-11(9-13)8-10-6-4-5-7-10/h10-11H,4-9,13H2,1-3H3. The predicted molar refractivity (Wildman–Crippen MR) is 60.3 cm³/mol. The monoisotopic (exact) mass is 199 g/mol. The van der Waals surface area contributed by atoms with E-state index in [0.717, 1.165) is 12.3 Å². The third-order valence-electron chi connectivity index (χ3n) is 2.85. The Balaban J connectivity index is 2.30. The summed E-state index contributed by atoms with van der Waals surface area (Å²) < 4.78 is 5.92. The van der Waals surface area contributed by atoms with Crippen molar-refractivity contribution in [2.45, 2.75) is 64.6 Å². The zero-order chi connectivity index (χ0) is 10.6. The second-order valence-corrected chi connectivity index (χ2v) is 5.47. The molecule has 84 valence electrons. The van der Waals surface area contributed by atoms with E-state index in [1.807, 2.05) is 0 Å². The first-order valence-corrected chi connectivity index (χ1v) is 5.89. The maximum absolute atomic E-state index is 5.92. The quantitative estimate of drug-likeness (QED) is 0.755. The van der Waals surface area contributed by atoms with Crippen molar-refractivity contribution < 1.29 is 4.74 Å². The fourth-order valence-corrected chi connectivity index (χ4v) is 2.31. The van der Waals surface area contributed by atoms with E-state index < -0.39 is 0 Å². The Morgan fingerprint density at radius 1 is 1.29 bits per heavy atom. The van der Waals surface area contributed by atoms with Crippen LogP contribution in [0.2, 0.25) is 0 Å². The van der Waals surface area contributed by atoms with Crippen LogP contribution in [0.25, 0.3) is 0 Å². The fourth-order valence-electron chi connectivity index (χ4n) is 2.31. The predicted octanol–water partition coefficient (Wildman–Crippen LogP) is 2.71. The van der Waals surface area contributed by atoms with Crippen LogP contribution in [0.15, 0.2) is 0 Å². The molecule has 0 saturated heterocycles. The second kappa shape index (κ2) is 5.13. The van der Waals surface area contributed by atoms with Gasteiger partial charge in [0.2, 0.25) is 0 Å². The smallest absolute Gasteiger partial charge is 0.0707 e. The molecule has 1 aliphatic rings. The fraction of sp³-hybridized carbons (Fsp3) is 1.00. The molecule has 1 atom stereocenters. The van der Waals surface area contributed by atoms with E-state index in [9.17, 15) is 0 Å². The van der Waals surface area contributed by atoms with Crippen molar-refractivity contribution in [1.82, 2.24) is 0 Å². The number of nitrogens with two attached hydrogens (primary N) is 1. The van der Waals surface area contributed by atoms with Gasteiger partial charge in [0.25, 0.3) is 0 Å². The van der Waals surface area contributed by atoms with Crippen LogP contribution in [-0.4, -0.2) is 18.2 Å². The molecule has 0 bridgehead atoms. The highest BCUT2D eigenvalue weighted by Crippen LogP contribution is 2.30. The van der Waals surface area contributed by atoms with Gasteiger partial charge < -0.3 is 10.5 Å². The van der Waals surface area contributed by atoms with Crippen molar-refractivity contribution in [2.24, 2.45) is 11.7 Å². The van der Waals surface area contributed by atoms with E-state index in [0.29, 0.717) is 6.54 Å². The summed E-state index contributed by atoms with van der Waals surface area (Å²) in [6.45, 7) is 6.96. The lowest BCUT2D eigenvalue weighted by atomic mass is 9.99. The van der Waals surface area contributed by atoms with Gasteiger partial charge in [-0.1, -0.05) is 25.7 Å². The van der Waals surface area contributed by atoms with Crippen LogP contribution in [-0.2, 0) is 4.74 Å². The molecule has 0 aromatic rings. The molecule has 2 heteroatoms. The van der Waals surface area contributed by atoms with Gasteiger partial charge in [-0.15, -0.1) is 0 Å². The lowest BCUT2D eigenvalue weighted by Gasteiger charge is -2.28. The van der Waals surface area contributed by atoms with Crippen molar-refractivity contribution >= 4 is 0 Å². The molecular weight excluding hydrogens is 174 g/mol. The summed E-state index contributed by atoms with van der Waals surface area (Å²) in [5.41, 5.74) is 5.68. The first-order valence-electron chi connectivity index (χ1n) is 5.89. The first kappa shape index (κ1) is 12.0. The van der Waals surface area contributed by atoms with Crippen LogP contribution in [0.1, 0.15) is 52.9 Å². The molecule has 0 aromatic heterocycles. The first-order chi connectivity index (χ1) is 6.51. The molecule has 1 aliphatic carbocycles. The maximum Gasteiger partial charge on any atom is 0.0707 e. The van der Waals surface area contributed by atoms with Crippen LogP contribution < -0.4 is 5.73 Å². The van der Waals surface area contributed by atoms with E-state index in [1.54, 1.807) is 0 Å². The third-order valence-corrected chi connectivity index (χ3v) is 2.85. The summed E-state index contributed by atoms with van der Waals surface area (Å²) in [7, 11) is 0. The Morgan fingerprint density at radius 2 is 1.86 bits per heavy atom. The maximum atomic E-state index is 5.92. The Hall–Kier alpha value is -0.0800. The summed E-state index contributed by atoms with van der Waals surface area (Å²) in [5.74, 6) is 0.867. The molecule has 0 amide bonds. The zero-order valence-electron chi connectivity index (χ0n) is 9.88. The molecule has 14 heavy (non-hydrogen) atoms. The summed E-state index contributed by atoms with van der Waals surface area (Å²) >= 11 is 0. The Bertz CT molecular complexity index is 156. The minimum atomic E-state index is -0.0529. The Kier molecular flexibility index (Phi) is 4.39. The number of hydrogen-bond donors (Lipinski definition) is 1. The third kappa shape index (κ3) is 4.43. The van der Waals surface area contributed by atoms with Crippen LogP contribution in [0, 0.1) is 5.92 Å². The molecule has 1 fully saturated rings. The average Bonchev–Trinajstić information content (AvgIpc) is 2.53. The van der Waals surface area contributed by atoms with Gasteiger partial charge in [-0.05, 0) is 33.1 Å². The lowest BCUT2D eigenvalue weighted by molar-refractivity contribution is -0.0639. The molecule has 0 heterocycles. The Labute approximate surface area is 88.2 Å². The van der Waals surface area contributed by atoms with Crippen LogP contribution in [0.3, 0.4) is 0 Å². The number of ether oxygens (including phenoxy) is 1. The highest BCUT2D eigenvalue weighted by atomic mass is 16.5. The molecule has 2 nitrogen and oxygen atoms in total. The molecule has 0 aromatic carbocycles. The normalized spacial score (nSPS) is 21.4. The van der Waals surface area contributed by atoms with Crippen molar-refractivity contribution in [3.63, 3.8) is 0 Å². The summed E-state index contributed by atoms with van der Waals surface area (Å²) in [4.78, 5) is 0. The highest BCUT2D eigenvalue weighted by molar-refractivity contribution is 4.74. The summed E-state index contributed by atoms with van der Waals surface area (Å²) in [6.07, 6.45) is 6.98. The van der Waals surface area contributed by atoms with Crippen molar-refractivity contribution in [3.05, 3.63) is 0 Å². The molecule has 2 N–H and O–H groups in total. The van der Waals surface area contributed by atoms with Crippen molar-refractivity contribution in [2.75, 3.05) is 6.54 Å². The van der Waals surface area contributed by atoms with Gasteiger partial charge in [0.05, 0.1) is 11.7 Å². The largest absolute Gasteiger partial charge is 0.371 e. The van der Waals surface area contributed by atoms with Gasteiger partial charge >= 0.3 is 0 Å². The van der Waals surface area contributed by atoms with Crippen molar-refractivity contribution in [1.29, 1.82) is 0 Å². The molecule has 0 spiro atoms. The molecule has 1 unspecified atom stereocenters. The second-order valence-electron chi connectivity index (χ2n) is 5.47. The molecule has 1 saturated carbocycles. The van der Waals surface area contributed by atoms with Gasteiger partial charge in [-0.2, -0.15) is 0 Å². The van der Waals surface area contributed by atoms with Gasteiger partial charge in [-0.25, -0.2) is 0 Å². The van der Waals surface area contributed by atoms with Gasteiger partial charge in [0, 0.05) is 6.54 Å². The SMILES string of the molecule is CC(C)(C)OC(CN)CC1CCCC1. The van der Waals surface area contributed by atoms with Crippen LogP contribution in [0.4, 0.5) is 0 Å². The van der Waals surface area contributed by atoms with Crippen molar-refractivity contribution in [3.8, 4) is 0 Å². The van der Waals surface area contributed by atoms with E-state index >= 15 is 0 Å². The lowest BCUT2D eigenvalue weighted by Crippen LogP contribution is -2.34. The van der Waals surface area contributed by atoms with Gasteiger partial charge in [0.15, 0.2) is 0 Å². The number of rotatable bonds is 4.